The summed E-state index contributed by atoms with van der Waals surface area (Å²) in [4.78, 5) is 10.1. The summed E-state index contributed by atoms with van der Waals surface area (Å²) in [6.45, 7) is 0.334. The maximum Gasteiger partial charge on any atom is 0.187 e. The second-order valence-corrected chi connectivity index (χ2v) is 4.52. The van der Waals surface area contributed by atoms with Crippen LogP contribution in [0, 0.1) is 0 Å². The maximum absolute atomic E-state index is 10.1. The average Bonchev–Trinajstić information content (AvgIpc) is 2.39. The van der Waals surface area contributed by atoms with Gasteiger partial charge in [-0.25, -0.2) is 0 Å². The Bertz CT molecular complexity index is 190. The third-order valence-corrected chi connectivity index (χ3v) is 2.82. The van der Waals surface area contributed by atoms with E-state index in [9.17, 15) is 4.79 Å². The van der Waals surface area contributed by atoms with Crippen molar-refractivity contribution in [3.8, 4) is 0 Å². The molecule has 0 bridgehead atoms. The normalized spacial score (nSPS) is 10.9. The van der Waals surface area contributed by atoms with E-state index in [0.29, 0.717) is 6.79 Å². The molecular weight excluding hydrogens is 228 g/mol. The van der Waals surface area contributed by atoms with Crippen molar-refractivity contribution < 1.29 is 14.3 Å². The van der Waals surface area contributed by atoms with Crippen molar-refractivity contribution in [3.63, 3.8) is 0 Å². The highest BCUT2D eigenvalue weighted by molar-refractivity contribution is 5.48. The highest BCUT2D eigenvalue weighted by Gasteiger charge is 1.91. The van der Waals surface area contributed by atoms with E-state index in [4.69, 9.17) is 9.47 Å². The SMILES string of the molecule is COCOC=CCCCCCCCCCCC=O. The van der Waals surface area contributed by atoms with Crippen LogP contribution in [0.15, 0.2) is 12.3 Å². The molecule has 0 saturated heterocycles. The van der Waals surface area contributed by atoms with Gasteiger partial charge in [0.25, 0.3) is 0 Å². The number of unbranched alkanes of at least 4 members (excludes halogenated alkanes) is 9. The fourth-order valence-electron chi connectivity index (χ4n) is 1.79. The molecule has 106 valence electrons. The molecule has 0 atom stereocenters. The Morgan fingerprint density at radius 2 is 1.39 bits per heavy atom. The Morgan fingerprint density at radius 3 is 1.94 bits per heavy atom. The molecule has 0 aliphatic heterocycles. The number of carbonyl (C=O) groups excluding carboxylic acids is 1. The van der Waals surface area contributed by atoms with Gasteiger partial charge in [-0.15, -0.1) is 0 Å². The van der Waals surface area contributed by atoms with E-state index >= 15 is 0 Å². The summed E-state index contributed by atoms with van der Waals surface area (Å²) in [5.41, 5.74) is 0. The summed E-state index contributed by atoms with van der Waals surface area (Å²) in [6.07, 6.45) is 16.6. The number of hydrogen-bond donors (Lipinski definition) is 0. The summed E-state index contributed by atoms with van der Waals surface area (Å²) in [5.74, 6) is 0. The Kier molecular flexibility index (Phi) is 15.4. The molecule has 0 rings (SSSR count). The zero-order valence-electron chi connectivity index (χ0n) is 11.7. The summed E-state index contributed by atoms with van der Waals surface area (Å²) in [7, 11) is 1.62. The fraction of sp³-hybridized carbons (Fsp3) is 0.800. The summed E-state index contributed by atoms with van der Waals surface area (Å²) >= 11 is 0. The Morgan fingerprint density at radius 1 is 0.833 bits per heavy atom. The van der Waals surface area contributed by atoms with Gasteiger partial charge in [0, 0.05) is 13.5 Å². The Labute approximate surface area is 112 Å². The fourth-order valence-corrected chi connectivity index (χ4v) is 1.79. The molecule has 3 heteroatoms. The summed E-state index contributed by atoms with van der Waals surface area (Å²) < 4.78 is 9.80. The Balaban J connectivity index is 2.98. The highest BCUT2D eigenvalue weighted by Crippen LogP contribution is 2.10. The standard InChI is InChI=1S/C15H28O3/c1-17-15-18-14-12-10-8-6-4-2-3-5-7-9-11-13-16/h12-14H,2-11,15H2,1H3. The topological polar surface area (TPSA) is 35.5 Å². The molecule has 0 fully saturated rings. The van der Waals surface area contributed by atoms with Crippen molar-refractivity contribution in [2.45, 2.75) is 64.2 Å². The van der Waals surface area contributed by atoms with Crippen molar-refractivity contribution >= 4 is 6.29 Å². The van der Waals surface area contributed by atoms with Crippen LogP contribution < -0.4 is 0 Å². The summed E-state index contributed by atoms with van der Waals surface area (Å²) in [5, 5.41) is 0. The van der Waals surface area contributed by atoms with Gasteiger partial charge in [0.2, 0.25) is 0 Å². The first-order chi connectivity index (χ1) is 8.91. The number of methoxy groups -OCH3 is 1. The van der Waals surface area contributed by atoms with Gasteiger partial charge < -0.3 is 14.3 Å². The predicted octanol–water partition coefficient (Wildman–Crippen LogP) is 4.22. The molecule has 0 N–H and O–H groups in total. The first-order valence-electron chi connectivity index (χ1n) is 7.11. The molecule has 0 saturated carbocycles. The van der Waals surface area contributed by atoms with Crippen molar-refractivity contribution in [1.29, 1.82) is 0 Å². The van der Waals surface area contributed by atoms with E-state index in [1.54, 1.807) is 13.4 Å². The first-order valence-corrected chi connectivity index (χ1v) is 7.11. The lowest BCUT2D eigenvalue weighted by Crippen LogP contribution is -1.87. The van der Waals surface area contributed by atoms with E-state index in [1.807, 2.05) is 0 Å². The number of hydrogen-bond acceptors (Lipinski definition) is 3. The minimum Gasteiger partial charge on any atom is -0.476 e. The van der Waals surface area contributed by atoms with Gasteiger partial charge in [-0.1, -0.05) is 38.5 Å². The molecule has 0 aromatic carbocycles. The number of ether oxygens (including phenoxy) is 2. The van der Waals surface area contributed by atoms with Crippen LogP contribution in [0.25, 0.3) is 0 Å². The third-order valence-electron chi connectivity index (χ3n) is 2.82. The van der Waals surface area contributed by atoms with Crippen molar-refractivity contribution in [3.05, 3.63) is 12.3 Å². The van der Waals surface area contributed by atoms with Gasteiger partial charge in [0.15, 0.2) is 6.79 Å². The Hall–Kier alpha value is -0.830. The van der Waals surface area contributed by atoms with E-state index < -0.39 is 0 Å². The largest absolute Gasteiger partial charge is 0.476 e. The van der Waals surface area contributed by atoms with Crippen LogP contribution in [-0.2, 0) is 14.3 Å². The third kappa shape index (κ3) is 15.2. The van der Waals surface area contributed by atoms with Crippen LogP contribution in [0.2, 0.25) is 0 Å². The molecule has 0 heterocycles. The minimum absolute atomic E-state index is 0.334. The van der Waals surface area contributed by atoms with Gasteiger partial charge in [0.05, 0.1) is 6.26 Å². The lowest BCUT2D eigenvalue weighted by Gasteiger charge is -2.00. The molecule has 0 aromatic rings. The number of aldehydes is 1. The number of rotatable bonds is 14. The minimum atomic E-state index is 0.334. The first kappa shape index (κ1) is 17.2. The van der Waals surface area contributed by atoms with Crippen molar-refractivity contribution in [1.82, 2.24) is 0 Å². The lowest BCUT2D eigenvalue weighted by atomic mass is 10.1. The molecule has 3 nitrogen and oxygen atoms in total. The van der Waals surface area contributed by atoms with Gasteiger partial charge in [0.1, 0.15) is 6.29 Å². The molecule has 0 spiro atoms. The summed E-state index contributed by atoms with van der Waals surface area (Å²) in [6, 6.07) is 0. The molecule has 0 amide bonds. The van der Waals surface area contributed by atoms with E-state index in [-0.39, 0.29) is 0 Å². The van der Waals surface area contributed by atoms with Gasteiger partial charge in [-0.3, -0.25) is 0 Å². The molecule has 0 unspecified atom stereocenters. The van der Waals surface area contributed by atoms with Crippen molar-refractivity contribution in [2.75, 3.05) is 13.9 Å². The second-order valence-electron chi connectivity index (χ2n) is 4.52. The molecule has 0 aromatic heterocycles. The van der Waals surface area contributed by atoms with E-state index in [1.165, 1.54) is 44.9 Å². The van der Waals surface area contributed by atoms with Gasteiger partial charge in [-0.2, -0.15) is 0 Å². The van der Waals surface area contributed by atoms with Crippen LogP contribution in [0.3, 0.4) is 0 Å². The van der Waals surface area contributed by atoms with Crippen LogP contribution in [-0.4, -0.2) is 20.2 Å². The van der Waals surface area contributed by atoms with Crippen LogP contribution >= 0.6 is 0 Å². The molecule has 0 radical (unpaired) electrons. The predicted molar refractivity (Wildman–Crippen MR) is 74.3 cm³/mol. The van der Waals surface area contributed by atoms with Gasteiger partial charge in [-0.05, 0) is 25.3 Å². The maximum atomic E-state index is 10.1. The van der Waals surface area contributed by atoms with Crippen molar-refractivity contribution in [2.24, 2.45) is 0 Å². The second kappa shape index (κ2) is 16.2. The quantitative estimate of drug-likeness (QED) is 0.202. The number of carbonyl (C=O) groups is 1. The zero-order chi connectivity index (χ0) is 13.3. The molecular formula is C15H28O3. The molecule has 0 aliphatic carbocycles. The molecule has 18 heavy (non-hydrogen) atoms. The van der Waals surface area contributed by atoms with E-state index in [2.05, 4.69) is 6.08 Å². The smallest absolute Gasteiger partial charge is 0.187 e. The highest BCUT2D eigenvalue weighted by atomic mass is 16.7. The molecule has 0 aliphatic rings. The van der Waals surface area contributed by atoms with Gasteiger partial charge >= 0.3 is 0 Å². The number of allylic oxidation sites excluding steroid dienone is 1. The lowest BCUT2D eigenvalue weighted by molar-refractivity contribution is -0.107. The van der Waals surface area contributed by atoms with Crippen LogP contribution in [0.1, 0.15) is 64.2 Å². The average molecular weight is 256 g/mol. The zero-order valence-corrected chi connectivity index (χ0v) is 11.7. The van der Waals surface area contributed by atoms with E-state index in [0.717, 1.165) is 25.5 Å². The van der Waals surface area contributed by atoms with Crippen LogP contribution in [0.5, 0.6) is 0 Å². The monoisotopic (exact) mass is 256 g/mol. The van der Waals surface area contributed by atoms with Crippen LogP contribution in [0.4, 0.5) is 0 Å².